The van der Waals surface area contributed by atoms with Gasteiger partial charge in [0.15, 0.2) is 0 Å². The van der Waals surface area contributed by atoms with Gasteiger partial charge in [0, 0.05) is 18.9 Å². The van der Waals surface area contributed by atoms with Gasteiger partial charge in [-0.2, -0.15) is 24.5 Å². The van der Waals surface area contributed by atoms with E-state index in [9.17, 15) is 18.0 Å². The molecule has 9 heteroatoms. The van der Waals surface area contributed by atoms with Crippen molar-refractivity contribution in [2.45, 2.75) is 12.3 Å². The summed E-state index contributed by atoms with van der Waals surface area (Å²) in [4.78, 5) is 20.4. The molecular weight excluding hydrogens is 331 g/mol. The van der Waals surface area contributed by atoms with E-state index in [2.05, 4.69) is 9.97 Å². The zero-order valence-corrected chi connectivity index (χ0v) is 12.6. The quantitative estimate of drug-likeness (QED) is 0.841. The number of hydrogen-bond acceptors (Lipinski definition) is 5. The second kappa shape index (κ2) is 6.25. The van der Waals surface area contributed by atoms with Crippen molar-refractivity contribution in [3.05, 3.63) is 46.2 Å². The van der Waals surface area contributed by atoms with Crippen LogP contribution in [0.1, 0.15) is 27.8 Å². The number of ether oxygens (including phenoxy) is 1. The Hall–Kier alpha value is -2.00. The lowest BCUT2D eigenvalue weighted by Crippen LogP contribution is -2.42. The third kappa shape index (κ3) is 3.50. The van der Waals surface area contributed by atoms with Crippen molar-refractivity contribution in [2.75, 3.05) is 19.7 Å². The molecule has 2 aromatic heterocycles. The van der Waals surface area contributed by atoms with E-state index in [0.29, 0.717) is 19.7 Å². The number of halogens is 3. The summed E-state index contributed by atoms with van der Waals surface area (Å²) >= 11 is 1.53. The molecule has 5 nitrogen and oxygen atoms in total. The lowest BCUT2D eigenvalue weighted by molar-refractivity contribution is -0.145. The zero-order chi connectivity index (χ0) is 16.4. The van der Waals surface area contributed by atoms with Crippen molar-refractivity contribution < 1.29 is 22.7 Å². The van der Waals surface area contributed by atoms with Crippen LogP contribution in [0.5, 0.6) is 0 Å². The summed E-state index contributed by atoms with van der Waals surface area (Å²) in [7, 11) is 0. The zero-order valence-electron chi connectivity index (χ0n) is 11.8. The summed E-state index contributed by atoms with van der Waals surface area (Å²) in [5.41, 5.74) is 1.01. The number of amides is 1. The first kappa shape index (κ1) is 15.9. The maximum Gasteiger partial charge on any atom is 0.451 e. The van der Waals surface area contributed by atoms with Crippen molar-refractivity contribution in [1.29, 1.82) is 0 Å². The lowest BCUT2D eigenvalue weighted by Gasteiger charge is -2.32. The van der Waals surface area contributed by atoms with Crippen LogP contribution in [0.4, 0.5) is 13.2 Å². The highest BCUT2D eigenvalue weighted by Gasteiger charge is 2.35. The van der Waals surface area contributed by atoms with Gasteiger partial charge in [0.2, 0.25) is 5.82 Å². The fourth-order valence-electron chi connectivity index (χ4n) is 2.26. The van der Waals surface area contributed by atoms with Gasteiger partial charge < -0.3 is 9.64 Å². The molecule has 0 N–H and O–H groups in total. The van der Waals surface area contributed by atoms with Gasteiger partial charge in [-0.1, -0.05) is 0 Å². The number of aromatic nitrogens is 2. The van der Waals surface area contributed by atoms with Gasteiger partial charge in [-0.3, -0.25) is 4.79 Å². The van der Waals surface area contributed by atoms with Gasteiger partial charge in [-0.15, -0.1) is 0 Å². The number of alkyl halides is 3. The summed E-state index contributed by atoms with van der Waals surface area (Å²) in [5.74, 6) is -1.66. The molecule has 0 unspecified atom stereocenters. The van der Waals surface area contributed by atoms with Crippen molar-refractivity contribution in [3.8, 4) is 0 Å². The maximum absolute atomic E-state index is 12.4. The molecule has 1 atom stereocenters. The SMILES string of the molecule is O=C(c1cnc(C(F)(F)F)nc1)N1CCO[C@@H](c2ccsc2)C1. The first-order chi connectivity index (χ1) is 10.9. The second-order valence-electron chi connectivity index (χ2n) is 4.96. The molecule has 3 heterocycles. The van der Waals surface area contributed by atoms with E-state index in [1.165, 1.54) is 16.2 Å². The molecular formula is C14H12F3N3O2S. The van der Waals surface area contributed by atoms with Crippen LogP contribution in [0.15, 0.2) is 29.2 Å². The molecule has 3 rings (SSSR count). The Morgan fingerprint density at radius 2 is 2.09 bits per heavy atom. The minimum absolute atomic E-state index is 0.0315. The molecule has 23 heavy (non-hydrogen) atoms. The third-order valence-corrected chi connectivity index (χ3v) is 4.12. The van der Waals surface area contributed by atoms with E-state index < -0.39 is 17.9 Å². The van der Waals surface area contributed by atoms with Crippen molar-refractivity contribution >= 4 is 17.2 Å². The highest BCUT2D eigenvalue weighted by Crippen LogP contribution is 2.27. The smallest absolute Gasteiger partial charge is 0.370 e. The van der Waals surface area contributed by atoms with Gasteiger partial charge in [-0.05, 0) is 22.4 Å². The topological polar surface area (TPSA) is 55.3 Å². The molecule has 1 aliphatic rings. The van der Waals surface area contributed by atoms with Crippen molar-refractivity contribution in [2.24, 2.45) is 0 Å². The highest BCUT2D eigenvalue weighted by molar-refractivity contribution is 7.07. The Kier molecular flexibility index (Phi) is 4.31. The molecule has 1 amide bonds. The summed E-state index contributed by atoms with van der Waals surface area (Å²) < 4.78 is 43.0. The van der Waals surface area contributed by atoms with Crippen LogP contribution in [0, 0.1) is 0 Å². The molecule has 0 bridgehead atoms. The molecule has 2 aromatic rings. The van der Waals surface area contributed by atoms with Crippen LogP contribution in [-0.4, -0.2) is 40.5 Å². The maximum atomic E-state index is 12.4. The normalized spacial score (nSPS) is 18.9. The third-order valence-electron chi connectivity index (χ3n) is 3.42. The summed E-state index contributed by atoms with van der Waals surface area (Å²) in [6.45, 7) is 1.09. The summed E-state index contributed by atoms with van der Waals surface area (Å²) in [6, 6.07) is 1.92. The van der Waals surface area contributed by atoms with Gasteiger partial charge in [0.25, 0.3) is 5.91 Å². The second-order valence-corrected chi connectivity index (χ2v) is 5.74. The number of carbonyl (C=O) groups excluding carboxylic acids is 1. The van der Waals surface area contributed by atoms with E-state index >= 15 is 0 Å². The van der Waals surface area contributed by atoms with E-state index in [0.717, 1.165) is 18.0 Å². The first-order valence-corrected chi connectivity index (χ1v) is 7.71. The molecule has 1 saturated heterocycles. The number of rotatable bonds is 2. The Labute approximate surface area is 133 Å². The van der Waals surface area contributed by atoms with Crippen molar-refractivity contribution in [3.63, 3.8) is 0 Å². The fraction of sp³-hybridized carbons (Fsp3) is 0.357. The van der Waals surface area contributed by atoms with Crippen LogP contribution in [0.3, 0.4) is 0 Å². The van der Waals surface area contributed by atoms with E-state index in [-0.39, 0.29) is 11.7 Å². The molecule has 0 spiro atoms. The average Bonchev–Trinajstić information content (AvgIpc) is 3.08. The van der Waals surface area contributed by atoms with Crippen LogP contribution in [0.2, 0.25) is 0 Å². The highest BCUT2D eigenvalue weighted by atomic mass is 32.1. The minimum Gasteiger partial charge on any atom is -0.370 e. The molecule has 122 valence electrons. The molecule has 0 aliphatic carbocycles. The number of thiophene rings is 1. The van der Waals surface area contributed by atoms with Crippen LogP contribution >= 0.6 is 11.3 Å². The monoisotopic (exact) mass is 343 g/mol. The van der Waals surface area contributed by atoms with Crippen LogP contribution < -0.4 is 0 Å². The number of nitrogens with zero attached hydrogens (tertiary/aromatic N) is 3. The van der Waals surface area contributed by atoms with E-state index in [1.807, 2.05) is 16.8 Å². The Bertz CT molecular complexity index is 674. The summed E-state index contributed by atoms with van der Waals surface area (Å²) in [5, 5.41) is 3.86. The first-order valence-electron chi connectivity index (χ1n) is 6.77. The van der Waals surface area contributed by atoms with Gasteiger partial charge >= 0.3 is 6.18 Å². The number of morpholine rings is 1. The molecule has 0 radical (unpaired) electrons. The standard InChI is InChI=1S/C14H12F3N3O2S/c15-14(16,17)13-18-5-10(6-19-13)12(21)20-2-3-22-11(7-20)9-1-4-23-8-9/h1,4-6,8,11H,2-3,7H2/t11-/m1/s1. The predicted octanol–water partition coefficient (Wildman–Crippen LogP) is 2.77. The summed E-state index contributed by atoms with van der Waals surface area (Å²) in [6.07, 6.45) is -3.03. The fourth-order valence-corrected chi connectivity index (χ4v) is 2.96. The Balaban J connectivity index is 1.72. The van der Waals surface area contributed by atoms with E-state index in [4.69, 9.17) is 4.74 Å². The van der Waals surface area contributed by atoms with Gasteiger partial charge in [-0.25, -0.2) is 9.97 Å². The van der Waals surface area contributed by atoms with Crippen molar-refractivity contribution in [1.82, 2.24) is 14.9 Å². The van der Waals surface area contributed by atoms with E-state index in [1.54, 1.807) is 0 Å². The molecule has 1 aliphatic heterocycles. The van der Waals surface area contributed by atoms with Crippen LogP contribution in [-0.2, 0) is 10.9 Å². The minimum atomic E-state index is -4.62. The number of carbonyl (C=O) groups is 1. The Morgan fingerprint density at radius 1 is 1.35 bits per heavy atom. The largest absolute Gasteiger partial charge is 0.451 e. The van der Waals surface area contributed by atoms with Crippen LogP contribution in [0.25, 0.3) is 0 Å². The van der Waals surface area contributed by atoms with Gasteiger partial charge in [0.1, 0.15) is 6.10 Å². The average molecular weight is 343 g/mol. The molecule has 0 saturated carbocycles. The van der Waals surface area contributed by atoms with Gasteiger partial charge in [0.05, 0.1) is 18.7 Å². The lowest BCUT2D eigenvalue weighted by atomic mass is 10.1. The Morgan fingerprint density at radius 3 is 2.70 bits per heavy atom. The predicted molar refractivity (Wildman–Crippen MR) is 75.9 cm³/mol. The number of hydrogen-bond donors (Lipinski definition) is 0. The molecule has 1 fully saturated rings. The molecule has 0 aromatic carbocycles.